The predicted molar refractivity (Wildman–Crippen MR) is 87.7 cm³/mol. The molecule has 22 heavy (non-hydrogen) atoms. The number of nitrogens with one attached hydrogen (secondary N) is 1. The topological polar surface area (TPSA) is 64.1 Å². The smallest absolute Gasteiger partial charge is 0.262 e. The van der Waals surface area contributed by atoms with E-state index >= 15 is 0 Å². The summed E-state index contributed by atoms with van der Waals surface area (Å²) in [6.07, 6.45) is 0. The van der Waals surface area contributed by atoms with Gasteiger partial charge in [0.25, 0.3) is 5.91 Å². The number of benzene rings is 2. The summed E-state index contributed by atoms with van der Waals surface area (Å²) < 4.78 is 13.7. The molecule has 1 heterocycles. The van der Waals surface area contributed by atoms with E-state index in [1.807, 2.05) is 13.0 Å². The first-order chi connectivity index (χ1) is 10.6. The van der Waals surface area contributed by atoms with Crippen molar-refractivity contribution in [3.05, 3.63) is 47.0 Å². The zero-order valence-electron chi connectivity index (χ0n) is 11.7. The zero-order valence-corrected chi connectivity index (χ0v) is 13.2. The molecule has 2 aromatic carbocycles. The number of aromatic nitrogens is 2. The average Bonchev–Trinajstić information content (AvgIpc) is 2.96. The molecule has 0 radical (unpaired) electrons. The highest BCUT2D eigenvalue weighted by Crippen LogP contribution is 2.21. The van der Waals surface area contributed by atoms with Crippen LogP contribution in [-0.4, -0.2) is 21.3 Å². The van der Waals surface area contributed by atoms with E-state index in [1.54, 1.807) is 30.3 Å². The lowest BCUT2D eigenvalue weighted by molar-refractivity contribution is -0.118. The standard InChI is InChI=1S/C15H12ClN3O2S/c1-9-6-11(3-4-12(9)16)21-8-15(20)17-10-2-5-13-14(7-10)19-22-18-13/h2-7H,8H2,1H3,(H,17,20). The number of carbonyl (C=O) groups excluding carboxylic acids is 1. The summed E-state index contributed by atoms with van der Waals surface area (Å²) in [5, 5.41) is 3.44. The number of ether oxygens (including phenoxy) is 1. The van der Waals surface area contributed by atoms with Gasteiger partial charge in [0.1, 0.15) is 16.8 Å². The van der Waals surface area contributed by atoms with E-state index in [2.05, 4.69) is 14.1 Å². The number of rotatable bonds is 4. The van der Waals surface area contributed by atoms with Crippen LogP contribution < -0.4 is 10.1 Å². The van der Waals surface area contributed by atoms with Crippen LogP contribution in [0.25, 0.3) is 11.0 Å². The Labute approximate surface area is 136 Å². The second-order valence-corrected chi connectivity index (χ2v) is 5.65. The van der Waals surface area contributed by atoms with E-state index in [-0.39, 0.29) is 12.5 Å². The number of carbonyl (C=O) groups is 1. The predicted octanol–water partition coefficient (Wildman–Crippen LogP) is 3.67. The number of aryl methyl sites for hydroxylation is 1. The maximum absolute atomic E-state index is 11.9. The quantitative estimate of drug-likeness (QED) is 0.791. The molecule has 0 bridgehead atoms. The number of fused-ring (bicyclic) bond motifs is 1. The Balaban J connectivity index is 1.60. The molecule has 7 heteroatoms. The van der Waals surface area contributed by atoms with Crippen molar-refractivity contribution in [1.82, 2.24) is 8.75 Å². The molecule has 1 N–H and O–H groups in total. The Hall–Kier alpha value is -2.18. The van der Waals surface area contributed by atoms with E-state index in [0.29, 0.717) is 16.5 Å². The van der Waals surface area contributed by atoms with E-state index < -0.39 is 0 Å². The van der Waals surface area contributed by atoms with Crippen molar-refractivity contribution in [3.63, 3.8) is 0 Å². The van der Waals surface area contributed by atoms with Crippen LogP contribution in [0.1, 0.15) is 5.56 Å². The first-order valence-electron chi connectivity index (χ1n) is 6.53. The second kappa shape index (κ2) is 6.29. The van der Waals surface area contributed by atoms with Gasteiger partial charge in [-0.3, -0.25) is 4.79 Å². The number of halogens is 1. The van der Waals surface area contributed by atoms with Crippen molar-refractivity contribution in [3.8, 4) is 5.75 Å². The normalized spacial score (nSPS) is 10.6. The van der Waals surface area contributed by atoms with Crippen molar-refractivity contribution in [2.24, 2.45) is 0 Å². The summed E-state index contributed by atoms with van der Waals surface area (Å²) in [6.45, 7) is 1.81. The Morgan fingerprint density at radius 2 is 2.05 bits per heavy atom. The molecule has 5 nitrogen and oxygen atoms in total. The van der Waals surface area contributed by atoms with Crippen LogP contribution in [0.15, 0.2) is 36.4 Å². The molecule has 1 aromatic heterocycles. The van der Waals surface area contributed by atoms with Crippen LogP contribution in [0.2, 0.25) is 5.02 Å². The number of hydrogen-bond donors (Lipinski definition) is 1. The summed E-state index contributed by atoms with van der Waals surface area (Å²) >= 11 is 7.09. The number of nitrogens with zero attached hydrogens (tertiary/aromatic N) is 2. The van der Waals surface area contributed by atoms with Crippen LogP contribution in [-0.2, 0) is 4.79 Å². The lowest BCUT2D eigenvalue weighted by Crippen LogP contribution is -2.20. The Morgan fingerprint density at radius 3 is 2.86 bits per heavy atom. The van der Waals surface area contributed by atoms with Gasteiger partial charge in [-0.2, -0.15) is 8.75 Å². The average molecular weight is 334 g/mol. The van der Waals surface area contributed by atoms with Gasteiger partial charge in [-0.05, 0) is 48.9 Å². The number of anilines is 1. The monoisotopic (exact) mass is 333 g/mol. The van der Waals surface area contributed by atoms with Gasteiger partial charge in [0.05, 0.1) is 11.7 Å². The van der Waals surface area contributed by atoms with Crippen molar-refractivity contribution in [2.75, 3.05) is 11.9 Å². The molecule has 0 unspecified atom stereocenters. The molecule has 0 aliphatic heterocycles. The molecular weight excluding hydrogens is 322 g/mol. The molecular formula is C15H12ClN3O2S. The van der Waals surface area contributed by atoms with Crippen LogP contribution in [0.4, 0.5) is 5.69 Å². The van der Waals surface area contributed by atoms with Gasteiger partial charge in [-0.15, -0.1) is 0 Å². The molecule has 112 valence electrons. The highest BCUT2D eigenvalue weighted by molar-refractivity contribution is 7.00. The third kappa shape index (κ3) is 3.35. The SMILES string of the molecule is Cc1cc(OCC(=O)Nc2ccc3nsnc3c2)ccc1Cl. The van der Waals surface area contributed by atoms with E-state index in [0.717, 1.165) is 28.3 Å². The van der Waals surface area contributed by atoms with Gasteiger partial charge in [-0.25, -0.2) is 0 Å². The van der Waals surface area contributed by atoms with E-state index in [1.165, 1.54) is 0 Å². The lowest BCUT2D eigenvalue weighted by Gasteiger charge is -2.08. The second-order valence-electron chi connectivity index (χ2n) is 4.72. The molecule has 0 atom stereocenters. The first-order valence-corrected chi connectivity index (χ1v) is 7.64. The minimum Gasteiger partial charge on any atom is -0.484 e. The number of hydrogen-bond acceptors (Lipinski definition) is 5. The Bertz CT molecular complexity index is 835. The Morgan fingerprint density at radius 1 is 1.23 bits per heavy atom. The highest BCUT2D eigenvalue weighted by atomic mass is 35.5. The van der Waals surface area contributed by atoms with Crippen LogP contribution in [0.5, 0.6) is 5.75 Å². The minimum absolute atomic E-state index is 0.0750. The molecule has 3 aromatic rings. The van der Waals surface area contributed by atoms with Gasteiger partial charge in [0.2, 0.25) is 0 Å². The lowest BCUT2D eigenvalue weighted by atomic mass is 10.2. The van der Waals surface area contributed by atoms with Crippen LogP contribution in [0, 0.1) is 6.92 Å². The molecule has 0 saturated heterocycles. The summed E-state index contributed by atoms with van der Waals surface area (Å²) in [5.41, 5.74) is 3.15. The fraction of sp³-hybridized carbons (Fsp3) is 0.133. The van der Waals surface area contributed by atoms with E-state index in [9.17, 15) is 4.79 Å². The fourth-order valence-corrected chi connectivity index (χ4v) is 2.55. The minimum atomic E-state index is -0.241. The van der Waals surface area contributed by atoms with Gasteiger partial charge in [0.15, 0.2) is 6.61 Å². The maximum Gasteiger partial charge on any atom is 0.262 e. The highest BCUT2D eigenvalue weighted by Gasteiger charge is 2.06. The fourth-order valence-electron chi connectivity index (χ4n) is 1.91. The van der Waals surface area contributed by atoms with Gasteiger partial charge in [0, 0.05) is 10.7 Å². The van der Waals surface area contributed by atoms with Crippen molar-refractivity contribution < 1.29 is 9.53 Å². The molecule has 0 spiro atoms. The van der Waals surface area contributed by atoms with Crippen molar-refractivity contribution >= 4 is 46.0 Å². The Kier molecular flexibility index (Phi) is 4.22. The third-order valence-electron chi connectivity index (χ3n) is 3.04. The maximum atomic E-state index is 11.9. The molecule has 0 aliphatic rings. The van der Waals surface area contributed by atoms with Gasteiger partial charge >= 0.3 is 0 Å². The summed E-state index contributed by atoms with van der Waals surface area (Å²) in [6, 6.07) is 10.7. The molecule has 3 rings (SSSR count). The molecule has 0 saturated carbocycles. The van der Waals surface area contributed by atoms with E-state index in [4.69, 9.17) is 16.3 Å². The van der Waals surface area contributed by atoms with Crippen LogP contribution >= 0.6 is 23.3 Å². The van der Waals surface area contributed by atoms with Gasteiger partial charge < -0.3 is 10.1 Å². The zero-order chi connectivity index (χ0) is 15.5. The van der Waals surface area contributed by atoms with Gasteiger partial charge in [-0.1, -0.05) is 11.6 Å². The van der Waals surface area contributed by atoms with Crippen molar-refractivity contribution in [2.45, 2.75) is 6.92 Å². The molecule has 0 fully saturated rings. The summed E-state index contributed by atoms with van der Waals surface area (Å²) in [4.78, 5) is 11.9. The summed E-state index contributed by atoms with van der Waals surface area (Å²) in [5.74, 6) is 0.367. The van der Waals surface area contributed by atoms with Crippen molar-refractivity contribution in [1.29, 1.82) is 0 Å². The van der Waals surface area contributed by atoms with Crippen LogP contribution in [0.3, 0.4) is 0 Å². The molecule has 1 amide bonds. The largest absolute Gasteiger partial charge is 0.484 e. The number of amides is 1. The molecule has 0 aliphatic carbocycles. The summed E-state index contributed by atoms with van der Waals surface area (Å²) in [7, 11) is 0. The first kappa shape index (κ1) is 14.7. The third-order valence-corrected chi connectivity index (χ3v) is 4.02.